The molecule has 124 valence electrons. The predicted molar refractivity (Wildman–Crippen MR) is 83.2 cm³/mol. The molecule has 0 unspecified atom stereocenters. The van der Waals surface area contributed by atoms with Crippen LogP contribution in [-0.2, 0) is 9.59 Å². The van der Waals surface area contributed by atoms with E-state index in [-0.39, 0.29) is 17.7 Å². The van der Waals surface area contributed by atoms with Crippen LogP contribution in [0, 0.1) is 5.92 Å². The van der Waals surface area contributed by atoms with Gasteiger partial charge in [0.2, 0.25) is 11.8 Å². The molecule has 0 spiro atoms. The van der Waals surface area contributed by atoms with Crippen molar-refractivity contribution >= 4 is 11.8 Å². The maximum Gasteiger partial charge on any atom is 0.222 e. The van der Waals surface area contributed by atoms with Gasteiger partial charge in [-0.1, -0.05) is 12.8 Å². The molecule has 3 fully saturated rings. The molecule has 0 aromatic rings. The van der Waals surface area contributed by atoms with Crippen LogP contribution in [0.1, 0.15) is 57.8 Å². The average molecular weight is 308 g/mol. The summed E-state index contributed by atoms with van der Waals surface area (Å²) >= 11 is 0. The molecule has 0 bridgehead atoms. The van der Waals surface area contributed by atoms with E-state index in [4.69, 9.17) is 0 Å². The molecule has 2 atom stereocenters. The lowest BCUT2D eigenvalue weighted by molar-refractivity contribution is -0.143. The van der Waals surface area contributed by atoms with E-state index in [9.17, 15) is 14.7 Å². The van der Waals surface area contributed by atoms with Gasteiger partial charge >= 0.3 is 0 Å². The molecule has 2 saturated heterocycles. The Morgan fingerprint density at radius 3 is 2.86 bits per heavy atom. The molecule has 1 saturated carbocycles. The molecule has 5 nitrogen and oxygen atoms in total. The van der Waals surface area contributed by atoms with Gasteiger partial charge in [0.15, 0.2) is 0 Å². The Morgan fingerprint density at radius 2 is 2.09 bits per heavy atom. The minimum Gasteiger partial charge on any atom is -0.389 e. The van der Waals surface area contributed by atoms with Crippen molar-refractivity contribution in [3.8, 4) is 0 Å². The summed E-state index contributed by atoms with van der Waals surface area (Å²) in [4.78, 5) is 27.7. The maximum absolute atomic E-state index is 12.4. The number of hydrogen-bond acceptors (Lipinski definition) is 3. The topological polar surface area (TPSA) is 60.9 Å². The number of hydrogen-bond donors (Lipinski definition) is 1. The third-order valence-electron chi connectivity index (χ3n) is 5.77. The molecule has 0 aromatic heterocycles. The highest BCUT2D eigenvalue weighted by atomic mass is 16.3. The van der Waals surface area contributed by atoms with E-state index in [1.54, 1.807) is 0 Å². The lowest BCUT2D eigenvalue weighted by Crippen LogP contribution is -2.54. The van der Waals surface area contributed by atoms with Gasteiger partial charge in [0, 0.05) is 44.9 Å². The molecule has 0 radical (unpaired) electrons. The number of nitrogens with zero attached hydrogens (tertiary/aromatic N) is 2. The van der Waals surface area contributed by atoms with E-state index >= 15 is 0 Å². The quantitative estimate of drug-likeness (QED) is 0.857. The van der Waals surface area contributed by atoms with Crippen LogP contribution in [0.4, 0.5) is 0 Å². The van der Waals surface area contributed by atoms with E-state index in [1.807, 2.05) is 9.80 Å². The highest BCUT2D eigenvalue weighted by molar-refractivity contribution is 5.78. The van der Waals surface area contributed by atoms with Crippen LogP contribution in [0.3, 0.4) is 0 Å². The number of carbonyl (C=O) groups excluding carboxylic acids is 2. The SMILES string of the molecule is O=C1CCCN1CCCC(=O)N1CC[C@@]2(O)CCCC[C@H]2C1. The van der Waals surface area contributed by atoms with Gasteiger partial charge in [0.1, 0.15) is 0 Å². The van der Waals surface area contributed by atoms with Gasteiger partial charge in [-0.05, 0) is 32.1 Å². The average Bonchev–Trinajstić information content (AvgIpc) is 2.91. The van der Waals surface area contributed by atoms with Crippen molar-refractivity contribution in [1.82, 2.24) is 9.80 Å². The first-order chi connectivity index (χ1) is 10.6. The highest BCUT2D eigenvalue weighted by Gasteiger charge is 2.43. The highest BCUT2D eigenvalue weighted by Crippen LogP contribution is 2.39. The van der Waals surface area contributed by atoms with Crippen molar-refractivity contribution < 1.29 is 14.7 Å². The van der Waals surface area contributed by atoms with E-state index in [0.29, 0.717) is 25.9 Å². The van der Waals surface area contributed by atoms with Gasteiger partial charge in [0.25, 0.3) is 0 Å². The van der Waals surface area contributed by atoms with Crippen LogP contribution in [0.5, 0.6) is 0 Å². The van der Waals surface area contributed by atoms with Crippen molar-refractivity contribution in [2.45, 2.75) is 63.4 Å². The van der Waals surface area contributed by atoms with Gasteiger partial charge in [-0.25, -0.2) is 0 Å². The van der Waals surface area contributed by atoms with Crippen LogP contribution < -0.4 is 0 Å². The Labute approximate surface area is 132 Å². The molecule has 2 aliphatic heterocycles. The summed E-state index contributed by atoms with van der Waals surface area (Å²) < 4.78 is 0. The van der Waals surface area contributed by atoms with Gasteiger partial charge < -0.3 is 14.9 Å². The lowest BCUT2D eigenvalue weighted by Gasteiger charge is -2.47. The van der Waals surface area contributed by atoms with Crippen LogP contribution in [0.2, 0.25) is 0 Å². The second kappa shape index (κ2) is 6.57. The predicted octanol–water partition coefficient (Wildman–Crippen LogP) is 1.54. The number of carbonyl (C=O) groups is 2. The molecular weight excluding hydrogens is 280 g/mol. The molecule has 3 rings (SSSR count). The number of fused-ring (bicyclic) bond motifs is 1. The first-order valence-electron chi connectivity index (χ1n) is 8.86. The molecule has 3 aliphatic rings. The number of aliphatic hydroxyl groups is 1. The Bertz CT molecular complexity index is 440. The molecule has 5 heteroatoms. The number of likely N-dealkylation sites (tertiary alicyclic amines) is 2. The monoisotopic (exact) mass is 308 g/mol. The van der Waals surface area contributed by atoms with Gasteiger partial charge in [-0.2, -0.15) is 0 Å². The van der Waals surface area contributed by atoms with Gasteiger partial charge in [-0.3, -0.25) is 9.59 Å². The van der Waals surface area contributed by atoms with Crippen LogP contribution in [0.25, 0.3) is 0 Å². The minimum absolute atomic E-state index is 0.194. The van der Waals surface area contributed by atoms with E-state index < -0.39 is 5.60 Å². The van der Waals surface area contributed by atoms with Crippen molar-refractivity contribution in [1.29, 1.82) is 0 Å². The number of rotatable bonds is 4. The molecule has 1 aliphatic carbocycles. The van der Waals surface area contributed by atoms with E-state index in [0.717, 1.165) is 51.6 Å². The van der Waals surface area contributed by atoms with Gasteiger partial charge in [0.05, 0.1) is 5.60 Å². The molecule has 22 heavy (non-hydrogen) atoms. The molecule has 1 N–H and O–H groups in total. The summed E-state index contributed by atoms with van der Waals surface area (Å²) in [6, 6.07) is 0. The molecule has 0 aromatic carbocycles. The third kappa shape index (κ3) is 3.29. The van der Waals surface area contributed by atoms with E-state index in [1.165, 1.54) is 6.42 Å². The second-order valence-electron chi connectivity index (χ2n) is 7.22. The smallest absolute Gasteiger partial charge is 0.222 e. The minimum atomic E-state index is -0.517. The van der Waals surface area contributed by atoms with Crippen LogP contribution in [-0.4, -0.2) is 58.5 Å². The van der Waals surface area contributed by atoms with Crippen molar-refractivity contribution in [2.75, 3.05) is 26.2 Å². The second-order valence-corrected chi connectivity index (χ2v) is 7.22. The van der Waals surface area contributed by atoms with Crippen LogP contribution >= 0.6 is 0 Å². The molecule has 2 amide bonds. The van der Waals surface area contributed by atoms with Gasteiger partial charge in [-0.15, -0.1) is 0 Å². The number of amides is 2. The molecular formula is C17H28N2O3. The largest absolute Gasteiger partial charge is 0.389 e. The Kier molecular flexibility index (Phi) is 4.71. The summed E-state index contributed by atoms with van der Waals surface area (Å²) in [5, 5.41) is 10.7. The maximum atomic E-state index is 12.4. The normalized spacial score (nSPS) is 32.2. The zero-order valence-corrected chi connectivity index (χ0v) is 13.4. The zero-order valence-electron chi connectivity index (χ0n) is 13.4. The fraction of sp³-hybridized carbons (Fsp3) is 0.882. The zero-order chi connectivity index (χ0) is 15.6. The van der Waals surface area contributed by atoms with Crippen molar-refractivity contribution in [3.63, 3.8) is 0 Å². The fourth-order valence-corrected chi connectivity index (χ4v) is 4.32. The first-order valence-corrected chi connectivity index (χ1v) is 8.86. The van der Waals surface area contributed by atoms with Crippen LogP contribution in [0.15, 0.2) is 0 Å². The Morgan fingerprint density at radius 1 is 1.23 bits per heavy atom. The Hall–Kier alpha value is -1.10. The third-order valence-corrected chi connectivity index (χ3v) is 5.77. The Balaban J connectivity index is 1.44. The summed E-state index contributed by atoms with van der Waals surface area (Å²) in [6.07, 6.45) is 7.87. The number of piperidine rings is 1. The first kappa shape index (κ1) is 15.8. The summed E-state index contributed by atoms with van der Waals surface area (Å²) in [7, 11) is 0. The molecule has 2 heterocycles. The standard InChI is InChI=1S/C17H28N2O3/c20-15-6-3-10-18(15)11-4-7-16(21)19-12-9-17(22)8-2-1-5-14(17)13-19/h14,22H,1-13H2/t14-,17-/m0/s1. The van der Waals surface area contributed by atoms with Crippen molar-refractivity contribution in [3.05, 3.63) is 0 Å². The summed E-state index contributed by atoms with van der Waals surface area (Å²) in [5.41, 5.74) is -0.517. The summed E-state index contributed by atoms with van der Waals surface area (Å²) in [5.74, 6) is 0.691. The fourth-order valence-electron chi connectivity index (χ4n) is 4.32. The van der Waals surface area contributed by atoms with Crippen molar-refractivity contribution in [2.24, 2.45) is 5.92 Å². The summed E-state index contributed by atoms with van der Waals surface area (Å²) in [6.45, 7) is 2.98. The lowest BCUT2D eigenvalue weighted by atomic mass is 9.71. The van der Waals surface area contributed by atoms with E-state index in [2.05, 4.69) is 0 Å².